The smallest absolute Gasteiger partial charge is 0.172 e. The molecule has 1 aliphatic rings. The fraction of sp³-hybridized carbons (Fsp3) is 0.429. The summed E-state index contributed by atoms with van der Waals surface area (Å²) in [4.78, 5) is 0. The van der Waals surface area contributed by atoms with Gasteiger partial charge < -0.3 is 4.74 Å². The van der Waals surface area contributed by atoms with E-state index in [1.54, 1.807) is 6.07 Å². The quantitative estimate of drug-likeness (QED) is 0.696. The van der Waals surface area contributed by atoms with Crippen LogP contribution in [0, 0.1) is 5.82 Å². The first-order chi connectivity index (χ1) is 7.38. The molecule has 0 amide bonds. The second kappa shape index (κ2) is 3.62. The van der Waals surface area contributed by atoms with E-state index in [2.05, 4.69) is 6.08 Å². The Morgan fingerprint density at radius 1 is 1.25 bits per heavy atom. The van der Waals surface area contributed by atoms with Gasteiger partial charge in [-0.1, -0.05) is 12.1 Å². The Kier molecular flexibility index (Phi) is 2.53. The van der Waals surface area contributed by atoms with E-state index in [-0.39, 0.29) is 11.4 Å². The van der Waals surface area contributed by atoms with Crippen LogP contribution in [0.25, 0.3) is 5.57 Å². The second-order valence-corrected chi connectivity index (χ2v) is 5.22. The Hall–Kier alpha value is -1.31. The van der Waals surface area contributed by atoms with Crippen molar-refractivity contribution >= 4 is 5.57 Å². The fourth-order valence-electron chi connectivity index (χ4n) is 1.97. The van der Waals surface area contributed by atoms with Crippen LogP contribution < -0.4 is 4.74 Å². The van der Waals surface area contributed by atoms with E-state index in [1.807, 2.05) is 33.8 Å². The molecule has 16 heavy (non-hydrogen) atoms. The number of rotatable bonds is 1. The standard InChI is InChI=1S/C14H17FO/c1-9-5-6-10-7-8-11(13(15)12(9)10)16-14(2,3)4/h5,7-8H,6H2,1-4H3. The van der Waals surface area contributed by atoms with E-state index >= 15 is 0 Å². The third-order valence-electron chi connectivity index (χ3n) is 2.63. The van der Waals surface area contributed by atoms with Crippen molar-refractivity contribution in [1.82, 2.24) is 0 Å². The molecule has 1 nitrogen and oxygen atoms in total. The summed E-state index contributed by atoms with van der Waals surface area (Å²) >= 11 is 0. The number of allylic oxidation sites excluding steroid dienone is 2. The minimum absolute atomic E-state index is 0.223. The van der Waals surface area contributed by atoms with Gasteiger partial charge in [-0.05, 0) is 51.3 Å². The molecule has 86 valence electrons. The van der Waals surface area contributed by atoms with Crippen LogP contribution in [-0.4, -0.2) is 5.60 Å². The van der Waals surface area contributed by atoms with E-state index in [9.17, 15) is 4.39 Å². The van der Waals surface area contributed by atoms with Crippen LogP contribution in [0.2, 0.25) is 0 Å². The van der Waals surface area contributed by atoms with Crippen molar-refractivity contribution in [2.24, 2.45) is 0 Å². The Morgan fingerprint density at radius 2 is 1.94 bits per heavy atom. The molecule has 0 fully saturated rings. The summed E-state index contributed by atoms with van der Waals surface area (Å²) in [7, 11) is 0. The van der Waals surface area contributed by atoms with Gasteiger partial charge in [-0.25, -0.2) is 4.39 Å². The summed E-state index contributed by atoms with van der Waals surface area (Å²) in [5.41, 5.74) is 2.41. The zero-order chi connectivity index (χ0) is 11.9. The van der Waals surface area contributed by atoms with Crippen LogP contribution in [0.4, 0.5) is 4.39 Å². The predicted molar refractivity (Wildman–Crippen MR) is 64.1 cm³/mol. The van der Waals surface area contributed by atoms with Gasteiger partial charge in [0.25, 0.3) is 0 Å². The van der Waals surface area contributed by atoms with Gasteiger partial charge in [0.05, 0.1) is 0 Å². The van der Waals surface area contributed by atoms with Gasteiger partial charge >= 0.3 is 0 Å². The number of hydrogen-bond donors (Lipinski definition) is 0. The first-order valence-electron chi connectivity index (χ1n) is 5.56. The molecule has 0 saturated carbocycles. The number of fused-ring (bicyclic) bond motifs is 1. The number of hydrogen-bond acceptors (Lipinski definition) is 1. The van der Waals surface area contributed by atoms with Crippen molar-refractivity contribution in [3.63, 3.8) is 0 Å². The van der Waals surface area contributed by atoms with Crippen LogP contribution in [0.3, 0.4) is 0 Å². The van der Waals surface area contributed by atoms with E-state index in [1.165, 1.54) is 0 Å². The first-order valence-corrected chi connectivity index (χ1v) is 5.56. The Bertz CT molecular complexity index is 453. The molecule has 0 aliphatic heterocycles. The van der Waals surface area contributed by atoms with Gasteiger partial charge in [0, 0.05) is 5.56 Å². The highest BCUT2D eigenvalue weighted by molar-refractivity contribution is 5.73. The van der Waals surface area contributed by atoms with E-state index in [0.717, 1.165) is 23.1 Å². The molecular weight excluding hydrogens is 203 g/mol. The molecule has 0 heterocycles. The molecule has 1 aromatic rings. The van der Waals surface area contributed by atoms with Crippen molar-refractivity contribution in [2.75, 3.05) is 0 Å². The molecule has 2 rings (SSSR count). The molecule has 1 aromatic carbocycles. The lowest BCUT2D eigenvalue weighted by atomic mass is 10.0. The monoisotopic (exact) mass is 220 g/mol. The van der Waals surface area contributed by atoms with E-state index in [0.29, 0.717) is 5.75 Å². The van der Waals surface area contributed by atoms with Gasteiger partial charge in [0.2, 0.25) is 0 Å². The largest absolute Gasteiger partial charge is 0.485 e. The molecule has 0 spiro atoms. The molecule has 0 bridgehead atoms. The second-order valence-electron chi connectivity index (χ2n) is 5.22. The van der Waals surface area contributed by atoms with Crippen LogP contribution in [0.5, 0.6) is 5.75 Å². The molecule has 0 radical (unpaired) electrons. The third-order valence-corrected chi connectivity index (χ3v) is 2.63. The summed E-state index contributed by atoms with van der Waals surface area (Å²) in [5, 5.41) is 0. The lowest BCUT2D eigenvalue weighted by molar-refractivity contribution is 0.124. The molecule has 0 aromatic heterocycles. The maximum Gasteiger partial charge on any atom is 0.172 e. The number of halogens is 1. The molecule has 1 aliphatic carbocycles. The molecule has 0 unspecified atom stereocenters. The molecule has 2 heteroatoms. The van der Waals surface area contributed by atoms with Crippen LogP contribution in [0.15, 0.2) is 18.2 Å². The lowest BCUT2D eigenvalue weighted by Gasteiger charge is -2.22. The van der Waals surface area contributed by atoms with Crippen molar-refractivity contribution in [3.8, 4) is 5.75 Å². The third kappa shape index (κ3) is 1.97. The SMILES string of the molecule is CC1=CCc2ccc(OC(C)(C)C)c(F)c21. The zero-order valence-corrected chi connectivity index (χ0v) is 10.2. The minimum atomic E-state index is -0.370. The topological polar surface area (TPSA) is 9.23 Å². The van der Waals surface area contributed by atoms with Crippen molar-refractivity contribution < 1.29 is 9.13 Å². The maximum absolute atomic E-state index is 14.2. The molecule has 0 atom stereocenters. The van der Waals surface area contributed by atoms with E-state index in [4.69, 9.17) is 4.74 Å². The average molecular weight is 220 g/mol. The van der Waals surface area contributed by atoms with Gasteiger partial charge in [-0.2, -0.15) is 0 Å². The van der Waals surface area contributed by atoms with Gasteiger partial charge in [0.15, 0.2) is 11.6 Å². The van der Waals surface area contributed by atoms with Gasteiger partial charge in [-0.15, -0.1) is 0 Å². The molecule has 0 saturated heterocycles. The first kappa shape index (κ1) is 11.2. The minimum Gasteiger partial charge on any atom is -0.485 e. The highest BCUT2D eigenvalue weighted by Gasteiger charge is 2.22. The van der Waals surface area contributed by atoms with Gasteiger partial charge in [0.1, 0.15) is 5.60 Å². The Morgan fingerprint density at radius 3 is 2.56 bits per heavy atom. The summed E-state index contributed by atoms with van der Waals surface area (Å²) < 4.78 is 19.8. The van der Waals surface area contributed by atoms with Crippen molar-refractivity contribution in [1.29, 1.82) is 0 Å². The predicted octanol–water partition coefficient (Wildman–Crippen LogP) is 3.96. The van der Waals surface area contributed by atoms with Crippen LogP contribution in [0.1, 0.15) is 38.8 Å². The maximum atomic E-state index is 14.2. The van der Waals surface area contributed by atoms with Crippen molar-refractivity contribution in [2.45, 2.75) is 39.7 Å². The average Bonchev–Trinajstić information content (AvgIpc) is 2.51. The van der Waals surface area contributed by atoms with Crippen molar-refractivity contribution in [3.05, 3.63) is 35.2 Å². The summed E-state index contributed by atoms with van der Waals surface area (Å²) in [6.45, 7) is 7.70. The lowest BCUT2D eigenvalue weighted by Crippen LogP contribution is -2.23. The summed E-state index contributed by atoms with van der Waals surface area (Å²) in [6, 6.07) is 3.68. The number of benzene rings is 1. The molecule has 0 N–H and O–H groups in total. The number of ether oxygens (including phenoxy) is 1. The van der Waals surface area contributed by atoms with Gasteiger partial charge in [-0.3, -0.25) is 0 Å². The zero-order valence-electron chi connectivity index (χ0n) is 10.2. The van der Waals surface area contributed by atoms with E-state index < -0.39 is 0 Å². The Labute approximate surface area is 95.9 Å². The highest BCUT2D eigenvalue weighted by atomic mass is 19.1. The molecular formula is C14H17FO. The Balaban J connectivity index is 2.43. The van der Waals surface area contributed by atoms with Crippen LogP contribution in [-0.2, 0) is 6.42 Å². The highest BCUT2D eigenvalue weighted by Crippen LogP contribution is 2.35. The summed E-state index contributed by atoms with van der Waals surface area (Å²) in [6.07, 6.45) is 2.88. The van der Waals surface area contributed by atoms with Crippen LogP contribution >= 0.6 is 0 Å². The normalized spacial score (nSPS) is 14.7. The fourth-order valence-corrected chi connectivity index (χ4v) is 1.97. The summed E-state index contributed by atoms with van der Waals surface area (Å²) in [5.74, 6) is 0.125.